The number of aliphatic carboxylic acids is 1. The molecule has 0 fully saturated rings. The lowest BCUT2D eigenvalue weighted by Gasteiger charge is -2.20. The van der Waals surface area contributed by atoms with Crippen molar-refractivity contribution in [1.82, 2.24) is 4.90 Å². The van der Waals surface area contributed by atoms with E-state index in [0.717, 1.165) is 11.1 Å². The summed E-state index contributed by atoms with van der Waals surface area (Å²) in [5.41, 5.74) is 1.71. The summed E-state index contributed by atoms with van der Waals surface area (Å²) in [4.78, 5) is 24.3. The number of benzene rings is 1. The van der Waals surface area contributed by atoms with Gasteiger partial charge in [0.15, 0.2) is 0 Å². The Hall–Kier alpha value is -1.88. The van der Waals surface area contributed by atoms with Crippen LogP contribution in [0.4, 0.5) is 0 Å². The molecule has 0 radical (unpaired) electrons. The van der Waals surface area contributed by atoms with Crippen LogP contribution in [0, 0.1) is 0 Å². The zero-order chi connectivity index (χ0) is 15.0. The van der Waals surface area contributed by atoms with Gasteiger partial charge in [0.2, 0.25) is 0 Å². The maximum Gasteiger partial charge on any atom is 0.320 e. The number of hydrogen-bond acceptors (Lipinski definition) is 4. The molecule has 0 aliphatic rings. The molecule has 20 heavy (non-hydrogen) atoms. The van der Waals surface area contributed by atoms with E-state index in [-0.39, 0.29) is 18.9 Å². The predicted octanol–water partition coefficient (Wildman–Crippen LogP) is 1.70. The highest BCUT2D eigenvalue weighted by Crippen LogP contribution is 2.12. The van der Waals surface area contributed by atoms with Gasteiger partial charge in [-0.25, -0.2) is 0 Å². The first-order chi connectivity index (χ1) is 9.56. The van der Waals surface area contributed by atoms with Crippen molar-refractivity contribution in [3.05, 3.63) is 35.4 Å². The van der Waals surface area contributed by atoms with Crippen LogP contribution in [0.15, 0.2) is 24.3 Å². The second kappa shape index (κ2) is 8.32. The average Bonchev–Trinajstić information content (AvgIpc) is 2.39. The maximum atomic E-state index is 11.5. The van der Waals surface area contributed by atoms with E-state index in [9.17, 15) is 9.59 Å². The molecule has 0 amide bonds. The zero-order valence-corrected chi connectivity index (χ0v) is 12.0. The fourth-order valence-corrected chi connectivity index (χ4v) is 1.96. The number of carbonyl (C=O) groups is 2. The van der Waals surface area contributed by atoms with Gasteiger partial charge in [0.25, 0.3) is 0 Å². The van der Waals surface area contributed by atoms with Gasteiger partial charge in [0.1, 0.15) is 0 Å². The first kappa shape index (κ1) is 16.2. The van der Waals surface area contributed by atoms with E-state index >= 15 is 0 Å². The Labute approximate surface area is 119 Å². The van der Waals surface area contributed by atoms with E-state index in [2.05, 4.69) is 0 Å². The molecule has 1 aromatic carbocycles. The lowest BCUT2D eigenvalue weighted by Crippen LogP contribution is -2.31. The Morgan fingerprint density at radius 3 is 2.40 bits per heavy atom. The third-order valence-electron chi connectivity index (χ3n) is 2.96. The normalized spacial score (nSPS) is 10.6. The van der Waals surface area contributed by atoms with Crippen LogP contribution in [0.1, 0.15) is 25.0 Å². The molecule has 5 heteroatoms. The molecule has 0 unspecified atom stereocenters. The Morgan fingerprint density at radius 1 is 1.20 bits per heavy atom. The van der Waals surface area contributed by atoms with Gasteiger partial charge in [-0.2, -0.15) is 0 Å². The van der Waals surface area contributed by atoms with Crippen LogP contribution < -0.4 is 0 Å². The molecule has 0 aliphatic carbocycles. The third kappa shape index (κ3) is 5.40. The van der Waals surface area contributed by atoms with E-state index in [1.165, 1.54) is 0 Å². The molecule has 0 atom stereocenters. The molecule has 0 heterocycles. The van der Waals surface area contributed by atoms with Crippen LogP contribution in [0.2, 0.25) is 0 Å². The second-order valence-electron chi connectivity index (χ2n) is 4.45. The van der Waals surface area contributed by atoms with E-state index in [4.69, 9.17) is 9.84 Å². The smallest absolute Gasteiger partial charge is 0.320 e. The summed E-state index contributed by atoms with van der Waals surface area (Å²) in [5.74, 6) is -1.11. The minimum atomic E-state index is -0.856. The first-order valence-electron chi connectivity index (χ1n) is 6.73. The van der Waals surface area contributed by atoms with Crippen molar-refractivity contribution in [2.45, 2.75) is 26.8 Å². The Morgan fingerprint density at radius 2 is 1.85 bits per heavy atom. The molecule has 110 valence electrons. The SMILES string of the molecule is CCOC(=O)CN(CC)Cc1ccccc1CC(=O)O. The summed E-state index contributed by atoms with van der Waals surface area (Å²) < 4.78 is 4.93. The van der Waals surface area contributed by atoms with Crippen LogP contribution in [0.3, 0.4) is 0 Å². The van der Waals surface area contributed by atoms with E-state index in [1.807, 2.05) is 36.1 Å². The fourth-order valence-electron chi connectivity index (χ4n) is 1.96. The largest absolute Gasteiger partial charge is 0.481 e. The second-order valence-corrected chi connectivity index (χ2v) is 4.45. The highest BCUT2D eigenvalue weighted by atomic mass is 16.5. The van der Waals surface area contributed by atoms with Crippen molar-refractivity contribution >= 4 is 11.9 Å². The van der Waals surface area contributed by atoms with E-state index in [0.29, 0.717) is 19.7 Å². The topological polar surface area (TPSA) is 66.8 Å². The summed E-state index contributed by atoms with van der Waals surface area (Å²) in [6.07, 6.45) is -0.00681. The van der Waals surface area contributed by atoms with Crippen LogP contribution in [-0.2, 0) is 27.3 Å². The number of esters is 1. The first-order valence-corrected chi connectivity index (χ1v) is 6.73. The van der Waals surface area contributed by atoms with E-state index < -0.39 is 5.97 Å². The molecular formula is C15H21NO4. The predicted molar refractivity (Wildman–Crippen MR) is 75.4 cm³/mol. The third-order valence-corrected chi connectivity index (χ3v) is 2.96. The number of carbonyl (C=O) groups excluding carboxylic acids is 1. The standard InChI is InChI=1S/C15H21NO4/c1-3-16(11-15(19)20-4-2)10-13-8-6-5-7-12(13)9-14(17)18/h5-8H,3-4,9-11H2,1-2H3,(H,17,18). The number of hydrogen-bond donors (Lipinski definition) is 1. The Bertz CT molecular complexity index is 459. The molecule has 1 aromatic rings. The molecule has 0 aliphatic heterocycles. The summed E-state index contributed by atoms with van der Waals surface area (Å²) >= 11 is 0. The molecule has 5 nitrogen and oxygen atoms in total. The lowest BCUT2D eigenvalue weighted by molar-refractivity contribution is -0.144. The maximum absolute atomic E-state index is 11.5. The number of carboxylic acid groups (broad SMARTS) is 1. The fraction of sp³-hybridized carbons (Fsp3) is 0.467. The molecule has 0 aromatic heterocycles. The number of ether oxygens (including phenoxy) is 1. The highest BCUT2D eigenvalue weighted by molar-refractivity contribution is 5.72. The van der Waals surface area contributed by atoms with Gasteiger partial charge < -0.3 is 9.84 Å². The quantitative estimate of drug-likeness (QED) is 0.734. The number of carboxylic acids is 1. The summed E-state index contributed by atoms with van der Waals surface area (Å²) in [6, 6.07) is 7.40. The summed E-state index contributed by atoms with van der Waals surface area (Å²) in [7, 11) is 0. The van der Waals surface area contributed by atoms with Crippen molar-refractivity contribution in [2.75, 3.05) is 19.7 Å². The van der Waals surface area contributed by atoms with Crippen LogP contribution in [-0.4, -0.2) is 41.6 Å². The summed E-state index contributed by atoms with van der Waals surface area (Å²) in [5, 5.41) is 8.91. The van der Waals surface area contributed by atoms with Crippen molar-refractivity contribution in [2.24, 2.45) is 0 Å². The van der Waals surface area contributed by atoms with Crippen molar-refractivity contribution in [3.63, 3.8) is 0 Å². The summed E-state index contributed by atoms with van der Waals surface area (Å²) in [6.45, 7) is 5.55. The van der Waals surface area contributed by atoms with Gasteiger partial charge in [0.05, 0.1) is 19.6 Å². The van der Waals surface area contributed by atoms with Gasteiger partial charge in [-0.05, 0) is 24.6 Å². The van der Waals surface area contributed by atoms with Gasteiger partial charge in [0, 0.05) is 6.54 Å². The Balaban J connectivity index is 2.74. The van der Waals surface area contributed by atoms with Gasteiger partial charge in [-0.3, -0.25) is 14.5 Å². The minimum absolute atomic E-state index is 0.00681. The molecule has 0 saturated carbocycles. The molecule has 1 rings (SSSR count). The van der Waals surface area contributed by atoms with E-state index in [1.54, 1.807) is 6.92 Å². The monoisotopic (exact) mass is 279 g/mol. The molecule has 0 bridgehead atoms. The van der Waals surface area contributed by atoms with Crippen LogP contribution in [0.5, 0.6) is 0 Å². The van der Waals surface area contributed by atoms with Crippen LogP contribution >= 0.6 is 0 Å². The average molecular weight is 279 g/mol. The van der Waals surface area contributed by atoms with Crippen molar-refractivity contribution < 1.29 is 19.4 Å². The van der Waals surface area contributed by atoms with Crippen molar-refractivity contribution in [3.8, 4) is 0 Å². The highest BCUT2D eigenvalue weighted by Gasteiger charge is 2.13. The van der Waals surface area contributed by atoms with Gasteiger partial charge >= 0.3 is 11.9 Å². The number of nitrogens with zero attached hydrogens (tertiary/aromatic N) is 1. The molecule has 0 spiro atoms. The minimum Gasteiger partial charge on any atom is -0.481 e. The molecule has 1 N–H and O–H groups in total. The zero-order valence-electron chi connectivity index (χ0n) is 12.0. The van der Waals surface area contributed by atoms with Crippen molar-refractivity contribution in [1.29, 1.82) is 0 Å². The van der Waals surface area contributed by atoms with Crippen LogP contribution in [0.25, 0.3) is 0 Å². The number of likely N-dealkylation sites (N-methyl/N-ethyl adjacent to an activating group) is 1. The van der Waals surface area contributed by atoms with Gasteiger partial charge in [-0.15, -0.1) is 0 Å². The number of rotatable bonds is 8. The van der Waals surface area contributed by atoms with Gasteiger partial charge in [-0.1, -0.05) is 31.2 Å². The molecule has 0 saturated heterocycles. The Kier molecular flexibility index (Phi) is 6.73. The molecular weight excluding hydrogens is 258 g/mol. The lowest BCUT2D eigenvalue weighted by atomic mass is 10.0.